The second-order valence-corrected chi connectivity index (χ2v) is 24.4. The maximum absolute atomic E-state index is 14.2. The lowest BCUT2D eigenvalue weighted by Gasteiger charge is -2.45. The average molecular weight is 1130 g/mol. The van der Waals surface area contributed by atoms with Crippen molar-refractivity contribution < 1.29 is 55.2 Å². The van der Waals surface area contributed by atoms with Crippen LogP contribution in [0, 0.1) is 0 Å². The highest BCUT2D eigenvalue weighted by molar-refractivity contribution is 5.77. The number of amides is 2. The van der Waals surface area contributed by atoms with Gasteiger partial charge in [0, 0.05) is 38.9 Å². The molecule has 0 saturated heterocycles. The molecule has 0 aromatic carbocycles. The van der Waals surface area contributed by atoms with Gasteiger partial charge in [0.1, 0.15) is 11.4 Å². The van der Waals surface area contributed by atoms with Gasteiger partial charge in [0.25, 0.3) is 11.9 Å². The topological polar surface area (TPSA) is 229 Å². The zero-order valence-electron chi connectivity index (χ0n) is 51.8. The fraction of sp³-hybridized carbons (Fsp3) is 0.970. The number of hydrogen-bond donors (Lipinski definition) is 10. The summed E-state index contributed by atoms with van der Waals surface area (Å²) in [4.78, 5) is 28.4. The van der Waals surface area contributed by atoms with Crippen molar-refractivity contribution in [1.29, 1.82) is 0 Å². The predicted molar refractivity (Wildman–Crippen MR) is 326 cm³/mol. The first-order valence-electron chi connectivity index (χ1n) is 34.0. The van der Waals surface area contributed by atoms with E-state index in [9.17, 15) is 19.8 Å². The van der Waals surface area contributed by atoms with Gasteiger partial charge in [0.05, 0.1) is 0 Å². The van der Waals surface area contributed by atoms with Crippen LogP contribution in [-0.2, 0) is 14.3 Å². The van der Waals surface area contributed by atoms with Crippen molar-refractivity contribution in [3.8, 4) is 0 Å². The molecule has 0 aliphatic rings. The van der Waals surface area contributed by atoms with E-state index < -0.39 is 23.4 Å². The molecule has 0 aromatic heterocycles. The van der Waals surface area contributed by atoms with Crippen LogP contribution in [0.4, 0.5) is 0 Å². The van der Waals surface area contributed by atoms with Crippen molar-refractivity contribution in [2.24, 2.45) is 0 Å². The Morgan fingerprint density at radius 1 is 0.278 bits per heavy atom. The molecule has 13 heteroatoms. The molecule has 10 N–H and O–H groups in total. The number of ether oxygens (including phenoxy) is 1. The summed E-state index contributed by atoms with van der Waals surface area (Å²) in [5.41, 5.74) is -2.15. The lowest BCUT2D eigenvalue weighted by atomic mass is 9.93. The summed E-state index contributed by atoms with van der Waals surface area (Å²) in [5, 5.41) is 81.9. The Bertz CT molecular complexity index is 1220. The Morgan fingerprint density at radius 2 is 0.468 bits per heavy atom. The normalized spacial score (nSPS) is 13.7. The van der Waals surface area contributed by atoms with Crippen LogP contribution in [0.2, 0.25) is 0 Å². The molecule has 2 atom stereocenters. The molecule has 472 valence electrons. The summed E-state index contributed by atoms with van der Waals surface area (Å²) in [7, 11) is 0. The van der Waals surface area contributed by atoms with Crippen LogP contribution >= 0.6 is 0 Å². The molecule has 0 heterocycles. The zero-order valence-corrected chi connectivity index (χ0v) is 51.8. The van der Waals surface area contributed by atoms with E-state index in [-0.39, 0.29) is 37.9 Å². The van der Waals surface area contributed by atoms with E-state index in [1.165, 1.54) is 141 Å². The van der Waals surface area contributed by atoms with Crippen LogP contribution in [0.25, 0.3) is 0 Å². The predicted octanol–water partition coefficient (Wildman–Crippen LogP) is 15.8. The molecule has 0 aliphatic heterocycles. The first-order chi connectivity index (χ1) is 38.2. The Morgan fingerprint density at radius 3 is 0.684 bits per heavy atom. The lowest BCUT2D eigenvalue weighted by Crippen LogP contribution is -2.61. The zero-order chi connectivity index (χ0) is 58.3. The van der Waals surface area contributed by atoms with Crippen molar-refractivity contribution in [3.05, 3.63) is 0 Å². The van der Waals surface area contributed by atoms with Crippen molar-refractivity contribution in [1.82, 2.24) is 10.6 Å². The standard InChI is InChI=1S/C66H132N2O11/c1-3-5-7-9-11-13-21-27-33-39-45-53-63(55-49-59-69,67-61(71)51-43-37-31-25-19-15-17-23-29-35-41-47-57-65(73,74)75)79-64(56-50-60-70,54-46-40-34-28-22-14-12-10-8-6-4-2)68-62(72)52-44-38-32-26-20-16-18-24-30-36-42-48-58-66(76,77)78/h69-70,73-78H,3-60H2,1-2H3,(H,67,71)(H,68,72). The van der Waals surface area contributed by atoms with Crippen LogP contribution < -0.4 is 10.6 Å². The number of hydrogen-bond acceptors (Lipinski definition) is 11. The number of aliphatic hydroxyl groups excluding tert-OH is 2. The molecule has 0 spiro atoms. The molecule has 79 heavy (non-hydrogen) atoms. The van der Waals surface area contributed by atoms with Crippen LogP contribution in [0.1, 0.15) is 373 Å². The molecule has 0 aliphatic carbocycles. The minimum absolute atomic E-state index is 0.0119. The smallest absolute Gasteiger partial charge is 0.275 e. The Labute approximate surface area is 485 Å². The molecule has 0 fully saturated rings. The van der Waals surface area contributed by atoms with E-state index in [4.69, 9.17) is 35.4 Å². The van der Waals surface area contributed by atoms with Crippen LogP contribution in [0.15, 0.2) is 0 Å². The maximum Gasteiger partial charge on any atom is 0.275 e. The van der Waals surface area contributed by atoms with Gasteiger partial charge >= 0.3 is 0 Å². The lowest BCUT2D eigenvalue weighted by molar-refractivity contribution is -0.316. The highest BCUT2D eigenvalue weighted by atomic mass is 16.7. The Kier molecular flexibility index (Phi) is 53.5. The van der Waals surface area contributed by atoms with E-state index >= 15 is 0 Å². The molecule has 0 aromatic rings. The summed E-state index contributed by atoms with van der Waals surface area (Å²) < 4.78 is 7.47. The van der Waals surface area contributed by atoms with Gasteiger partial charge in [-0.1, -0.05) is 271 Å². The number of nitrogens with one attached hydrogen (secondary N) is 2. The number of rotatable bonds is 64. The first kappa shape index (κ1) is 77.6. The molecule has 2 unspecified atom stereocenters. The highest BCUT2D eigenvalue weighted by Crippen LogP contribution is 2.35. The van der Waals surface area contributed by atoms with E-state index in [2.05, 4.69) is 24.5 Å². The maximum atomic E-state index is 14.2. The second kappa shape index (κ2) is 54.5. The largest absolute Gasteiger partial charge is 0.396 e. The van der Waals surface area contributed by atoms with Gasteiger partial charge in [0.15, 0.2) is 0 Å². The van der Waals surface area contributed by atoms with Gasteiger partial charge in [-0.2, -0.15) is 0 Å². The van der Waals surface area contributed by atoms with Crippen LogP contribution in [-0.4, -0.2) is 89.3 Å². The van der Waals surface area contributed by atoms with Gasteiger partial charge in [-0.05, 0) is 77.0 Å². The third kappa shape index (κ3) is 54.3. The minimum Gasteiger partial charge on any atom is -0.396 e. The average Bonchev–Trinajstić information content (AvgIpc) is 3.40. The molecule has 0 saturated carbocycles. The molecule has 0 bridgehead atoms. The first-order valence-corrected chi connectivity index (χ1v) is 34.0. The van der Waals surface area contributed by atoms with Gasteiger partial charge in [-0.3, -0.25) is 9.59 Å². The summed E-state index contributed by atoms with van der Waals surface area (Å²) in [5.74, 6) is -5.19. The molecular weight excluding hydrogens is 997 g/mol. The van der Waals surface area contributed by atoms with E-state index in [0.717, 1.165) is 141 Å². The SMILES string of the molecule is CCCCCCCCCCCCCC(CCCO)(NC(=O)CCCCCCCCCCCCCCC(O)(O)O)OC(CCCO)(CCCCCCCCCCCCC)NC(=O)CCCCCCCCCCCCCCC(O)(O)O. The third-order valence-corrected chi connectivity index (χ3v) is 16.3. The number of aliphatic hydroxyl groups is 8. The summed E-state index contributed by atoms with van der Waals surface area (Å²) in [6.45, 7) is 4.46. The number of carbonyl (C=O) groups is 2. The summed E-state index contributed by atoms with van der Waals surface area (Å²) in [6.07, 6.45) is 54.9. The highest BCUT2D eigenvalue weighted by Gasteiger charge is 2.43. The molecule has 2 amide bonds. The van der Waals surface area contributed by atoms with Crippen molar-refractivity contribution >= 4 is 11.8 Å². The Hall–Kier alpha value is -1.42. The summed E-state index contributed by atoms with van der Waals surface area (Å²) in [6, 6.07) is 0. The van der Waals surface area contributed by atoms with E-state index in [1.54, 1.807) is 0 Å². The van der Waals surface area contributed by atoms with E-state index in [1.807, 2.05) is 0 Å². The number of carbonyl (C=O) groups excluding carboxylic acids is 2. The van der Waals surface area contributed by atoms with Crippen molar-refractivity contribution in [2.45, 2.75) is 397 Å². The van der Waals surface area contributed by atoms with Gasteiger partial charge < -0.3 is 56.2 Å². The monoisotopic (exact) mass is 1130 g/mol. The molecular formula is C66H132N2O11. The van der Waals surface area contributed by atoms with Gasteiger partial charge in [-0.15, -0.1) is 0 Å². The van der Waals surface area contributed by atoms with Crippen molar-refractivity contribution in [2.75, 3.05) is 13.2 Å². The molecule has 0 radical (unpaired) electrons. The third-order valence-electron chi connectivity index (χ3n) is 16.3. The van der Waals surface area contributed by atoms with Crippen LogP contribution in [0.5, 0.6) is 0 Å². The molecule has 0 rings (SSSR count). The minimum atomic E-state index is -2.55. The van der Waals surface area contributed by atoms with Crippen molar-refractivity contribution in [3.63, 3.8) is 0 Å². The fourth-order valence-corrected chi connectivity index (χ4v) is 11.5. The van der Waals surface area contributed by atoms with Crippen LogP contribution in [0.3, 0.4) is 0 Å². The quantitative estimate of drug-likeness (QED) is 0.0203. The summed E-state index contributed by atoms with van der Waals surface area (Å²) >= 11 is 0. The Balaban J connectivity index is 5.92. The fourth-order valence-electron chi connectivity index (χ4n) is 11.5. The number of unbranched alkanes of at least 4 members (excludes halogenated alkanes) is 42. The molecule has 13 nitrogen and oxygen atoms in total. The van der Waals surface area contributed by atoms with Gasteiger partial charge in [-0.25, -0.2) is 0 Å². The van der Waals surface area contributed by atoms with Gasteiger partial charge in [0.2, 0.25) is 11.8 Å². The second-order valence-electron chi connectivity index (χ2n) is 24.4. The van der Waals surface area contributed by atoms with E-state index in [0.29, 0.717) is 64.2 Å².